The molecule has 3 heteroatoms. The zero-order valence-electron chi connectivity index (χ0n) is 26.3. The molecule has 2 nitrogen and oxygen atoms in total. The first kappa shape index (κ1) is 35.8. The van der Waals surface area contributed by atoms with Crippen molar-refractivity contribution in [1.82, 2.24) is 0 Å². The van der Waals surface area contributed by atoms with Gasteiger partial charge in [-0.05, 0) is 23.0 Å². The Hall–Kier alpha value is -3.20. The van der Waals surface area contributed by atoms with E-state index in [1.165, 1.54) is 11.1 Å². The van der Waals surface area contributed by atoms with E-state index in [9.17, 15) is 5.11 Å². The maximum absolute atomic E-state index is 9.93. The van der Waals surface area contributed by atoms with Crippen molar-refractivity contribution in [3.05, 3.63) is 144 Å². The Morgan fingerprint density at radius 2 is 0.780 bits per heavy atom. The number of benzene rings is 4. The van der Waals surface area contributed by atoms with Crippen LogP contribution in [0.2, 0.25) is 0 Å². The van der Waals surface area contributed by atoms with Gasteiger partial charge in [0.25, 0.3) is 0 Å². The maximum atomic E-state index is 9.93. The summed E-state index contributed by atoms with van der Waals surface area (Å²) in [7, 11) is 0. The molecule has 4 rings (SSSR count). The molecule has 41 heavy (non-hydrogen) atoms. The Bertz CT molecular complexity index is 1190. The van der Waals surface area contributed by atoms with E-state index < -0.39 is 0 Å². The number of hydrogen-bond donors (Lipinski definition) is 1. The fourth-order valence-electron chi connectivity index (χ4n) is 4.10. The SMILES string of the molecule is CC(C)c1cccc(C(C)C)c1O.CC(C)c1cccc(C(C)C)c1[N]=[V+2].[CH2-]c1ccccc1.[CH2-]c1ccccc1. The van der Waals surface area contributed by atoms with E-state index in [-0.39, 0.29) is 0 Å². The minimum absolute atomic E-state index is 0.388. The third kappa shape index (κ3) is 12.9. The molecule has 0 amide bonds. The molecule has 217 valence electrons. The molecule has 1 N–H and O–H groups in total. The van der Waals surface area contributed by atoms with Crippen LogP contribution in [0.25, 0.3) is 0 Å². The molecule has 0 heterocycles. The molecular formula is C38H49NOV. The van der Waals surface area contributed by atoms with Crippen LogP contribution in [0.5, 0.6) is 5.75 Å². The first-order valence-corrected chi connectivity index (χ1v) is 15.1. The monoisotopic (exact) mass is 586 g/mol. The van der Waals surface area contributed by atoms with Crippen LogP contribution >= 0.6 is 0 Å². The summed E-state index contributed by atoms with van der Waals surface area (Å²) in [6.07, 6.45) is 0. The molecule has 0 bridgehead atoms. The molecule has 0 atom stereocenters. The van der Waals surface area contributed by atoms with Gasteiger partial charge in [0.2, 0.25) is 0 Å². The van der Waals surface area contributed by atoms with E-state index in [1.54, 1.807) is 0 Å². The number of para-hydroxylation sites is 1. The molecular weight excluding hydrogens is 537 g/mol. The molecule has 0 saturated carbocycles. The van der Waals surface area contributed by atoms with Crippen LogP contribution in [0, 0.1) is 13.8 Å². The van der Waals surface area contributed by atoms with E-state index in [0.29, 0.717) is 29.4 Å². The molecule has 0 unspecified atom stereocenters. The van der Waals surface area contributed by atoms with Crippen LogP contribution in [0.3, 0.4) is 0 Å². The first-order valence-electron chi connectivity index (χ1n) is 14.4. The number of aromatic hydroxyl groups is 1. The van der Waals surface area contributed by atoms with Crippen molar-refractivity contribution in [1.29, 1.82) is 0 Å². The van der Waals surface area contributed by atoms with Crippen molar-refractivity contribution < 1.29 is 22.3 Å². The number of nitrogens with zero attached hydrogens (tertiary/aromatic N) is 1. The summed E-state index contributed by atoms with van der Waals surface area (Å²) in [4.78, 5) is 0. The van der Waals surface area contributed by atoms with Gasteiger partial charge in [0, 0.05) is 0 Å². The molecule has 4 aromatic carbocycles. The van der Waals surface area contributed by atoms with Crippen LogP contribution in [-0.2, 0) is 17.2 Å². The van der Waals surface area contributed by atoms with Crippen LogP contribution in [0.1, 0.15) is 112 Å². The number of rotatable bonds is 5. The average Bonchev–Trinajstić information content (AvgIpc) is 2.94. The number of phenolic OH excluding ortho intramolecular Hbond substituents is 1. The topological polar surface area (TPSA) is 32.6 Å². The largest absolute Gasteiger partial charge is 0.199 e. The molecule has 0 radical (unpaired) electrons. The molecule has 0 fully saturated rings. The predicted molar refractivity (Wildman–Crippen MR) is 175 cm³/mol. The van der Waals surface area contributed by atoms with Crippen molar-refractivity contribution in [2.45, 2.75) is 79.1 Å². The quantitative estimate of drug-likeness (QED) is 0.232. The van der Waals surface area contributed by atoms with Crippen LogP contribution in [0.4, 0.5) is 5.69 Å². The third-order valence-corrected chi connectivity index (χ3v) is 6.78. The molecule has 0 aromatic heterocycles. The summed E-state index contributed by atoms with van der Waals surface area (Å²) < 4.78 is 4.35. The number of phenols is 1. The summed E-state index contributed by atoms with van der Waals surface area (Å²) in [5.74, 6) is 2.33. The third-order valence-electron chi connectivity index (χ3n) is 6.47. The Morgan fingerprint density at radius 3 is 1.00 bits per heavy atom. The predicted octanol–water partition coefficient (Wildman–Crippen LogP) is 11.7. The van der Waals surface area contributed by atoms with E-state index >= 15 is 0 Å². The van der Waals surface area contributed by atoms with Gasteiger partial charge >= 0.3 is 95.6 Å². The normalized spacial score (nSPS) is 10.3. The second-order valence-electron chi connectivity index (χ2n) is 11.3. The Kier molecular flexibility index (Phi) is 16.6. The van der Waals surface area contributed by atoms with Gasteiger partial charge in [-0.25, -0.2) is 0 Å². The zero-order valence-corrected chi connectivity index (χ0v) is 27.7. The Labute approximate surface area is 260 Å². The fraction of sp³-hybridized carbons (Fsp3) is 0.316. The second-order valence-corrected chi connectivity index (χ2v) is 11.6. The average molecular weight is 587 g/mol. The molecule has 0 saturated heterocycles. The van der Waals surface area contributed by atoms with E-state index in [4.69, 9.17) is 0 Å². The van der Waals surface area contributed by atoms with Crippen LogP contribution in [0.15, 0.2) is 101 Å². The van der Waals surface area contributed by atoms with Gasteiger partial charge in [0.1, 0.15) is 5.75 Å². The van der Waals surface area contributed by atoms with Gasteiger partial charge in [0.15, 0.2) is 0 Å². The van der Waals surface area contributed by atoms with Gasteiger partial charge < -0.3 is 5.11 Å². The zero-order chi connectivity index (χ0) is 30.9. The second kappa shape index (κ2) is 19.0. The molecule has 0 spiro atoms. The van der Waals surface area contributed by atoms with Gasteiger partial charge in [-0.15, -0.1) is 24.3 Å². The molecule has 0 aliphatic rings. The van der Waals surface area contributed by atoms with Crippen molar-refractivity contribution in [2.75, 3.05) is 0 Å². The number of hydrogen-bond acceptors (Lipinski definition) is 2. The molecule has 0 aliphatic heterocycles. The summed E-state index contributed by atoms with van der Waals surface area (Å²) >= 11 is 2.33. The first-order chi connectivity index (χ1) is 19.4. The van der Waals surface area contributed by atoms with Crippen LogP contribution < -0.4 is 0 Å². The summed E-state index contributed by atoms with van der Waals surface area (Å²) in [6.45, 7) is 24.7. The van der Waals surface area contributed by atoms with Gasteiger partial charge in [-0.1, -0.05) is 58.0 Å². The standard InChI is InChI=1S/C12H17N.C12H18O.2C7H7.V/c2*1-8(2)10-6-5-7-11(9(3)4)12(10)13;2*1-7-5-3-2-4-6-7;/h5-9H,1-4H3;5-9,13H,1-4H3;2*2-6H,1H2;/q;;2*-1;+2. The van der Waals surface area contributed by atoms with Crippen molar-refractivity contribution in [2.24, 2.45) is 3.79 Å². The minimum atomic E-state index is 0.388. The van der Waals surface area contributed by atoms with Crippen molar-refractivity contribution in [3.63, 3.8) is 0 Å². The minimum Gasteiger partial charge on any atom is -0.199 e. The fourth-order valence-corrected chi connectivity index (χ4v) is 4.46. The molecule has 4 aromatic rings. The Morgan fingerprint density at radius 1 is 0.488 bits per heavy atom. The maximum Gasteiger partial charge on any atom is -0.0866 e. The van der Waals surface area contributed by atoms with Gasteiger partial charge in [0.05, 0.1) is 0 Å². The van der Waals surface area contributed by atoms with Crippen molar-refractivity contribution >= 4 is 5.69 Å². The van der Waals surface area contributed by atoms with Crippen LogP contribution in [-0.4, -0.2) is 5.11 Å². The molecule has 0 aliphatic carbocycles. The van der Waals surface area contributed by atoms with E-state index in [2.05, 4.69) is 108 Å². The summed E-state index contributed by atoms with van der Waals surface area (Å²) in [5.41, 5.74) is 8.09. The van der Waals surface area contributed by atoms with E-state index in [1.807, 2.05) is 78.9 Å². The van der Waals surface area contributed by atoms with Gasteiger partial charge in [-0.3, -0.25) is 0 Å². The van der Waals surface area contributed by atoms with E-state index in [0.717, 1.165) is 27.9 Å². The summed E-state index contributed by atoms with van der Waals surface area (Å²) in [5, 5.41) is 9.93. The smallest absolute Gasteiger partial charge is 0.0866 e. The Balaban J connectivity index is 0.000000286. The van der Waals surface area contributed by atoms with Crippen molar-refractivity contribution in [3.8, 4) is 5.75 Å². The summed E-state index contributed by atoms with van der Waals surface area (Å²) in [6, 6.07) is 32.2. The van der Waals surface area contributed by atoms with Gasteiger partial charge in [-0.2, -0.15) is 49.2 Å².